The van der Waals surface area contributed by atoms with E-state index in [0.29, 0.717) is 12.3 Å². The van der Waals surface area contributed by atoms with Crippen LogP contribution in [0.4, 0.5) is 0 Å². The number of piperidine rings is 1. The molecule has 0 bridgehead atoms. The van der Waals surface area contributed by atoms with E-state index < -0.39 is 0 Å². The van der Waals surface area contributed by atoms with Crippen molar-refractivity contribution in [3.05, 3.63) is 24.2 Å². The van der Waals surface area contributed by atoms with Crippen LogP contribution in [0, 0.1) is 0 Å². The second kappa shape index (κ2) is 4.74. The number of nitrogens with zero attached hydrogens (tertiary/aromatic N) is 1. The quantitative estimate of drug-likeness (QED) is 0.803. The Bertz CT molecular complexity index is 404. The van der Waals surface area contributed by atoms with Gasteiger partial charge in [-0.1, -0.05) is 0 Å². The van der Waals surface area contributed by atoms with Gasteiger partial charge in [0.15, 0.2) is 5.76 Å². The van der Waals surface area contributed by atoms with Crippen molar-refractivity contribution in [2.75, 3.05) is 32.8 Å². The Hall–Kier alpha value is -1.33. The van der Waals surface area contributed by atoms with Crippen LogP contribution in [0.15, 0.2) is 22.8 Å². The van der Waals surface area contributed by atoms with Crippen LogP contribution < -0.4 is 5.32 Å². The zero-order valence-electron chi connectivity index (χ0n) is 10.4. The maximum atomic E-state index is 12.2. The van der Waals surface area contributed by atoms with Gasteiger partial charge in [0.25, 0.3) is 5.91 Å². The lowest BCUT2D eigenvalue weighted by molar-refractivity contribution is -0.0991. The second-order valence-electron chi connectivity index (χ2n) is 5.02. The summed E-state index contributed by atoms with van der Waals surface area (Å²) in [4.78, 5) is 14.1. The first-order valence-electron chi connectivity index (χ1n) is 6.47. The van der Waals surface area contributed by atoms with Crippen molar-refractivity contribution in [1.82, 2.24) is 10.2 Å². The number of morpholine rings is 1. The normalized spacial score (nSPS) is 28.6. The van der Waals surface area contributed by atoms with Crippen molar-refractivity contribution >= 4 is 5.91 Å². The van der Waals surface area contributed by atoms with E-state index in [0.717, 1.165) is 39.1 Å². The summed E-state index contributed by atoms with van der Waals surface area (Å²) in [5, 5.41) is 3.35. The third kappa shape index (κ3) is 2.15. The van der Waals surface area contributed by atoms with Gasteiger partial charge in [0.05, 0.1) is 25.0 Å². The van der Waals surface area contributed by atoms with E-state index in [2.05, 4.69) is 5.32 Å². The van der Waals surface area contributed by atoms with Gasteiger partial charge in [0.2, 0.25) is 0 Å². The second-order valence-corrected chi connectivity index (χ2v) is 5.02. The largest absolute Gasteiger partial charge is 0.459 e. The van der Waals surface area contributed by atoms with E-state index in [1.165, 1.54) is 6.26 Å². The molecule has 1 N–H and O–H groups in total. The van der Waals surface area contributed by atoms with Crippen LogP contribution in [-0.2, 0) is 4.74 Å². The maximum absolute atomic E-state index is 12.2. The first-order chi connectivity index (χ1) is 8.79. The minimum Gasteiger partial charge on any atom is -0.459 e. The minimum atomic E-state index is -0.196. The number of nitrogens with one attached hydrogen (secondary N) is 1. The van der Waals surface area contributed by atoms with Crippen molar-refractivity contribution in [3.8, 4) is 0 Å². The summed E-state index contributed by atoms with van der Waals surface area (Å²) in [5.41, 5.74) is -0.196. The fraction of sp³-hybridized carbons (Fsp3) is 0.615. The number of hydrogen-bond donors (Lipinski definition) is 1. The lowest BCUT2D eigenvalue weighted by Gasteiger charge is -2.44. The number of ether oxygens (including phenoxy) is 1. The molecule has 2 aliphatic heterocycles. The first kappa shape index (κ1) is 11.7. The average Bonchev–Trinajstić information content (AvgIpc) is 2.93. The smallest absolute Gasteiger partial charge is 0.289 e. The van der Waals surface area contributed by atoms with Crippen LogP contribution in [0.2, 0.25) is 0 Å². The zero-order valence-corrected chi connectivity index (χ0v) is 10.4. The Kier molecular flexibility index (Phi) is 3.09. The highest BCUT2D eigenvalue weighted by Gasteiger charge is 2.39. The van der Waals surface area contributed by atoms with Gasteiger partial charge >= 0.3 is 0 Å². The molecule has 18 heavy (non-hydrogen) atoms. The summed E-state index contributed by atoms with van der Waals surface area (Å²) < 4.78 is 11.1. The van der Waals surface area contributed by atoms with Crippen LogP contribution in [-0.4, -0.2) is 49.2 Å². The molecule has 3 heterocycles. The van der Waals surface area contributed by atoms with Crippen LogP contribution in [0.5, 0.6) is 0 Å². The predicted octanol–water partition coefficient (Wildman–Crippen LogP) is 0.874. The van der Waals surface area contributed by atoms with Crippen LogP contribution >= 0.6 is 0 Å². The predicted molar refractivity (Wildman–Crippen MR) is 65.4 cm³/mol. The molecule has 1 aromatic rings. The topological polar surface area (TPSA) is 54.7 Å². The monoisotopic (exact) mass is 250 g/mol. The van der Waals surface area contributed by atoms with Gasteiger partial charge in [-0.15, -0.1) is 0 Å². The number of hydrogen-bond acceptors (Lipinski definition) is 4. The Morgan fingerprint density at radius 1 is 1.50 bits per heavy atom. The summed E-state index contributed by atoms with van der Waals surface area (Å²) in [6.07, 6.45) is 3.53. The molecule has 98 valence electrons. The molecule has 1 spiro atoms. The van der Waals surface area contributed by atoms with Gasteiger partial charge in [0.1, 0.15) is 0 Å². The van der Waals surface area contributed by atoms with Crippen LogP contribution in [0.3, 0.4) is 0 Å². The van der Waals surface area contributed by atoms with E-state index in [4.69, 9.17) is 9.15 Å². The molecule has 2 saturated heterocycles. The molecule has 1 amide bonds. The highest BCUT2D eigenvalue weighted by Crippen LogP contribution is 2.27. The van der Waals surface area contributed by atoms with Crippen molar-refractivity contribution in [1.29, 1.82) is 0 Å². The molecule has 5 heteroatoms. The highest BCUT2D eigenvalue weighted by atomic mass is 16.5. The van der Waals surface area contributed by atoms with E-state index >= 15 is 0 Å². The molecule has 2 aliphatic rings. The van der Waals surface area contributed by atoms with Crippen molar-refractivity contribution in [2.24, 2.45) is 0 Å². The Labute approximate surface area is 106 Å². The first-order valence-corrected chi connectivity index (χ1v) is 6.47. The highest BCUT2D eigenvalue weighted by molar-refractivity contribution is 5.91. The minimum absolute atomic E-state index is 0.0340. The number of carbonyl (C=O) groups is 1. The Morgan fingerprint density at radius 3 is 3.17 bits per heavy atom. The molecule has 5 nitrogen and oxygen atoms in total. The van der Waals surface area contributed by atoms with Gasteiger partial charge in [-0.25, -0.2) is 0 Å². The number of furan rings is 1. The van der Waals surface area contributed by atoms with Gasteiger partial charge in [-0.3, -0.25) is 4.79 Å². The third-order valence-corrected chi connectivity index (χ3v) is 3.69. The summed E-state index contributed by atoms with van der Waals surface area (Å²) in [7, 11) is 0. The zero-order chi connectivity index (χ0) is 12.4. The van der Waals surface area contributed by atoms with Gasteiger partial charge in [-0.2, -0.15) is 0 Å². The van der Waals surface area contributed by atoms with Crippen molar-refractivity contribution in [3.63, 3.8) is 0 Å². The van der Waals surface area contributed by atoms with Crippen molar-refractivity contribution < 1.29 is 13.9 Å². The summed E-state index contributed by atoms with van der Waals surface area (Å²) >= 11 is 0. The maximum Gasteiger partial charge on any atom is 0.289 e. The Morgan fingerprint density at radius 2 is 2.44 bits per heavy atom. The van der Waals surface area contributed by atoms with E-state index in [1.54, 1.807) is 12.1 Å². The van der Waals surface area contributed by atoms with E-state index in [9.17, 15) is 4.79 Å². The molecular weight excluding hydrogens is 232 g/mol. The number of likely N-dealkylation sites (tertiary alicyclic amines) is 1. The molecule has 3 rings (SSSR count). The molecule has 0 radical (unpaired) electrons. The standard InChI is InChI=1S/C13H18N2O3/c16-12(11-3-1-7-17-11)15-6-2-4-13(10-15)9-14-5-8-18-13/h1,3,7,14H,2,4-6,8-10H2. The van der Waals surface area contributed by atoms with Crippen LogP contribution in [0.1, 0.15) is 23.4 Å². The number of amides is 1. The van der Waals surface area contributed by atoms with Crippen molar-refractivity contribution in [2.45, 2.75) is 18.4 Å². The Balaban J connectivity index is 1.72. The number of carbonyl (C=O) groups excluding carboxylic acids is 1. The fourth-order valence-corrected chi connectivity index (χ4v) is 2.80. The number of rotatable bonds is 1. The fourth-order valence-electron chi connectivity index (χ4n) is 2.80. The molecule has 1 atom stereocenters. The lowest BCUT2D eigenvalue weighted by Crippen LogP contribution is -2.59. The van der Waals surface area contributed by atoms with E-state index in [1.807, 2.05) is 4.90 Å². The average molecular weight is 250 g/mol. The molecule has 0 saturated carbocycles. The van der Waals surface area contributed by atoms with Gasteiger partial charge in [0, 0.05) is 19.6 Å². The van der Waals surface area contributed by atoms with Crippen LogP contribution in [0.25, 0.3) is 0 Å². The SMILES string of the molecule is O=C(c1ccco1)N1CCCC2(CNCCO2)C1. The summed E-state index contributed by atoms with van der Waals surface area (Å²) in [6, 6.07) is 3.45. The molecule has 2 fully saturated rings. The van der Waals surface area contributed by atoms with E-state index in [-0.39, 0.29) is 11.5 Å². The third-order valence-electron chi connectivity index (χ3n) is 3.69. The molecule has 0 aromatic carbocycles. The molecule has 1 aromatic heterocycles. The molecule has 0 aliphatic carbocycles. The van der Waals surface area contributed by atoms with Gasteiger partial charge < -0.3 is 19.4 Å². The lowest BCUT2D eigenvalue weighted by atomic mass is 9.91. The van der Waals surface area contributed by atoms with Gasteiger partial charge in [-0.05, 0) is 25.0 Å². The summed E-state index contributed by atoms with van der Waals surface area (Å²) in [6.45, 7) is 3.88. The summed E-state index contributed by atoms with van der Waals surface area (Å²) in [5.74, 6) is 0.379. The molecular formula is C13H18N2O3. The molecule has 1 unspecified atom stereocenters.